The summed E-state index contributed by atoms with van der Waals surface area (Å²) in [5.74, 6) is 2.37. The first-order valence-corrected chi connectivity index (χ1v) is 10.2. The van der Waals surface area contributed by atoms with E-state index < -0.39 is 0 Å². The molecule has 2 aliphatic rings. The average Bonchev–Trinajstić information content (AvgIpc) is 2.63. The van der Waals surface area contributed by atoms with Crippen LogP contribution in [0.1, 0.15) is 63.4 Å². The van der Waals surface area contributed by atoms with Gasteiger partial charge < -0.3 is 4.90 Å². The Bertz CT molecular complexity index is 514. The molecule has 1 saturated heterocycles. The second kappa shape index (κ2) is 8.42. The monoisotopic (exact) mass is 345 g/mol. The Morgan fingerprint density at radius 2 is 1.71 bits per heavy atom. The smallest absolute Gasteiger partial charge is 0.222 e. The molecule has 132 valence electrons. The standard InChI is InChI=1S/C21H31NOS/c1-16(24)18-11-13-22(14-12-18)21(23)15-17-7-9-20(10-8-17)19-5-3-2-4-6-19/h2-6,16-18,20,24H,7-15H2,1H3. The summed E-state index contributed by atoms with van der Waals surface area (Å²) in [7, 11) is 0. The molecule has 3 rings (SSSR count). The van der Waals surface area contributed by atoms with E-state index in [2.05, 4.69) is 54.8 Å². The molecule has 1 aliphatic carbocycles. The first-order chi connectivity index (χ1) is 11.6. The molecule has 2 nitrogen and oxygen atoms in total. The molecule has 0 radical (unpaired) electrons. The molecule has 0 aromatic heterocycles. The minimum atomic E-state index is 0.392. The van der Waals surface area contributed by atoms with Crippen LogP contribution in [0.25, 0.3) is 0 Å². The van der Waals surface area contributed by atoms with Crippen LogP contribution in [0.15, 0.2) is 30.3 Å². The molecule has 1 amide bonds. The topological polar surface area (TPSA) is 20.3 Å². The summed E-state index contributed by atoms with van der Waals surface area (Å²) in [5.41, 5.74) is 1.48. The first-order valence-electron chi connectivity index (χ1n) is 9.64. The van der Waals surface area contributed by atoms with Gasteiger partial charge >= 0.3 is 0 Å². The van der Waals surface area contributed by atoms with Crippen LogP contribution in [-0.4, -0.2) is 29.1 Å². The molecule has 1 aromatic carbocycles. The van der Waals surface area contributed by atoms with Gasteiger partial charge in [0.25, 0.3) is 0 Å². The number of likely N-dealkylation sites (tertiary alicyclic amines) is 1. The predicted molar refractivity (Wildman–Crippen MR) is 104 cm³/mol. The molecule has 1 aromatic rings. The predicted octanol–water partition coefficient (Wildman–Crippen LogP) is 4.91. The Labute approximate surface area is 152 Å². The number of carbonyl (C=O) groups excluding carboxylic acids is 1. The molecule has 1 aliphatic heterocycles. The summed E-state index contributed by atoms with van der Waals surface area (Å²) in [6.07, 6.45) is 7.89. The van der Waals surface area contributed by atoms with Gasteiger partial charge in [0, 0.05) is 24.8 Å². The van der Waals surface area contributed by atoms with Crippen LogP contribution in [0.2, 0.25) is 0 Å². The van der Waals surface area contributed by atoms with Crippen molar-refractivity contribution in [3.63, 3.8) is 0 Å². The lowest BCUT2D eigenvalue weighted by Gasteiger charge is -2.35. The van der Waals surface area contributed by atoms with E-state index >= 15 is 0 Å². The molecule has 0 spiro atoms. The molecule has 1 heterocycles. The number of carbonyl (C=O) groups is 1. The maximum atomic E-state index is 12.6. The van der Waals surface area contributed by atoms with Gasteiger partial charge in [-0.1, -0.05) is 37.3 Å². The van der Waals surface area contributed by atoms with Gasteiger partial charge in [-0.3, -0.25) is 4.79 Å². The van der Waals surface area contributed by atoms with Gasteiger partial charge in [0.1, 0.15) is 0 Å². The molecule has 0 bridgehead atoms. The normalized spacial score (nSPS) is 27.0. The summed E-state index contributed by atoms with van der Waals surface area (Å²) in [5, 5.41) is 0.454. The van der Waals surface area contributed by atoms with Crippen molar-refractivity contribution in [1.82, 2.24) is 4.90 Å². The second-order valence-corrected chi connectivity index (χ2v) is 8.61. The zero-order valence-electron chi connectivity index (χ0n) is 14.9. The molecule has 1 atom stereocenters. The van der Waals surface area contributed by atoms with E-state index in [1.807, 2.05) is 0 Å². The van der Waals surface area contributed by atoms with E-state index in [-0.39, 0.29) is 0 Å². The zero-order valence-corrected chi connectivity index (χ0v) is 15.8. The quantitative estimate of drug-likeness (QED) is 0.769. The number of amides is 1. The van der Waals surface area contributed by atoms with Crippen LogP contribution in [-0.2, 0) is 4.79 Å². The average molecular weight is 346 g/mol. The van der Waals surface area contributed by atoms with E-state index in [1.165, 1.54) is 31.2 Å². The molecule has 2 fully saturated rings. The Hall–Kier alpha value is -0.960. The lowest BCUT2D eigenvalue weighted by atomic mass is 9.77. The van der Waals surface area contributed by atoms with Crippen molar-refractivity contribution >= 4 is 18.5 Å². The maximum Gasteiger partial charge on any atom is 0.222 e. The van der Waals surface area contributed by atoms with E-state index in [4.69, 9.17) is 0 Å². The van der Waals surface area contributed by atoms with E-state index in [0.29, 0.717) is 28.9 Å². The number of nitrogens with zero attached hydrogens (tertiary/aromatic N) is 1. The van der Waals surface area contributed by atoms with Gasteiger partial charge in [-0.15, -0.1) is 0 Å². The van der Waals surface area contributed by atoms with Crippen molar-refractivity contribution < 1.29 is 4.79 Å². The number of hydrogen-bond acceptors (Lipinski definition) is 2. The minimum Gasteiger partial charge on any atom is -0.343 e. The van der Waals surface area contributed by atoms with Crippen molar-refractivity contribution in [1.29, 1.82) is 0 Å². The minimum absolute atomic E-state index is 0.392. The molecule has 0 N–H and O–H groups in total. The third-order valence-electron chi connectivity index (χ3n) is 6.16. The van der Waals surface area contributed by atoms with Gasteiger partial charge in [-0.25, -0.2) is 0 Å². The van der Waals surface area contributed by atoms with Crippen LogP contribution < -0.4 is 0 Å². The Morgan fingerprint density at radius 1 is 1.08 bits per heavy atom. The van der Waals surface area contributed by atoms with E-state index in [9.17, 15) is 4.79 Å². The largest absolute Gasteiger partial charge is 0.343 e. The molecule has 24 heavy (non-hydrogen) atoms. The fraction of sp³-hybridized carbons (Fsp3) is 0.667. The lowest BCUT2D eigenvalue weighted by molar-refractivity contribution is -0.133. The zero-order chi connectivity index (χ0) is 16.9. The number of piperidine rings is 1. The van der Waals surface area contributed by atoms with Crippen molar-refractivity contribution in [2.24, 2.45) is 11.8 Å². The van der Waals surface area contributed by atoms with Gasteiger partial charge in [-0.05, 0) is 61.8 Å². The van der Waals surface area contributed by atoms with Crippen LogP contribution >= 0.6 is 12.6 Å². The number of rotatable bonds is 4. The molecule has 1 saturated carbocycles. The van der Waals surface area contributed by atoms with Gasteiger partial charge in [0.05, 0.1) is 0 Å². The van der Waals surface area contributed by atoms with Crippen molar-refractivity contribution in [2.45, 2.75) is 63.0 Å². The third kappa shape index (κ3) is 4.56. The fourth-order valence-corrected chi connectivity index (χ4v) is 4.73. The van der Waals surface area contributed by atoms with Crippen LogP contribution in [0.5, 0.6) is 0 Å². The second-order valence-electron chi connectivity index (χ2n) is 7.79. The highest BCUT2D eigenvalue weighted by atomic mass is 32.1. The lowest BCUT2D eigenvalue weighted by Crippen LogP contribution is -2.40. The molecule has 1 unspecified atom stereocenters. The van der Waals surface area contributed by atoms with Crippen LogP contribution in [0.3, 0.4) is 0 Å². The van der Waals surface area contributed by atoms with Gasteiger partial charge in [0.15, 0.2) is 0 Å². The van der Waals surface area contributed by atoms with Crippen molar-refractivity contribution in [2.75, 3.05) is 13.1 Å². The van der Waals surface area contributed by atoms with Gasteiger partial charge in [0.2, 0.25) is 5.91 Å². The highest BCUT2D eigenvalue weighted by molar-refractivity contribution is 7.80. The van der Waals surface area contributed by atoms with Crippen molar-refractivity contribution in [3.8, 4) is 0 Å². The third-order valence-corrected chi connectivity index (χ3v) is 6.58. The van der Waals surface area contributed by atoms with Crippen LogP contribution in [0.4, 0.5) is 0 Å². The molecule has 3 heteroatoms. The summed E-state index contributed by atoms with van der Waals surface area (Å²) in [6.45, 7) is 4.05. The molecular formula is C21H31NOS. The molecular weight excluding hydrogens is 314 g/mol. The van der Waals surface area contributed by atoms with E-state index in [0.717, 1.165) is 32.4 Å². The van der Waals surface area contributed by atoms with Crippen molar-refractivity contribution in [3.05, 3.63) is 35.9 Å². The number of thiol groups is 1. The Kier molecular flexibility index (Phi) is 6.26. The first kappa shape index (κ1) is 17.8. The summed E-state index contributed by atoms with van der Waals surface area (Å²) >= 11 is 4.56. The number of benzene rings is 1. The maximum absolute atomic E-state index is 12.6. The highest BCUT2D eigenvalue weighted by Gasteiger charge is 2.28. The number of hydrogen-bond donors (Lipinski definition) is 1. The van der Waals surface area contributed by atoms with E-state index in [1.54, 1.807) is 0 Å². The van der Waals surface area contributed by atoms with Crippen LogP contribution in [0, 0.1) is 11.8 Å². The summed E-state index contributed by atoms with van der Waals surface area (Å²) in [4.78, 5) is 14.7. The SMILES string of the molecule is CC(S)C1CCN(C(=O)CC2CCC(c3ccccc3)CC2)CC1. The highest BCUT2D eigenvalue weighted by Crippen LogP contribution is 2.37. The van der Waals surface area contributed by atoms with Gasteiger partial charge in [-0.2, -0.15) is 12.6 Å². The Morgan fingerprint density at radius 3 is 2.29 bits per heavy atom. The summed E-state index contributed by atoms with van der Waals surface area (Å²) < 4.78 is 0. The Balaban J connectivity index is 1.42. The fourth-order valence-electron chi connectivity index (χ4n) is 4.43. The summed E-state index contributed by atoms with van der Waals surface area (Å²) in [6, 6.07) is 10.9.